The zero-order chi connectivity index (χ0) is 23.2. The monoisotopic (exact) mass is 538 g/mol. The molecule has 0 saturated carbocycles. The molecule has 1 N–H and O–H groups in total. The van der Waals surface area contributed by atoms with E-state index in [1.807, 2.05) is 42.5 Å². The minimum absolute atomic E-state index is 0.270. The topological polar surface area (TPSA) is 58.6 Å². The van der Waals surface area contributed by atoms with Gasteiger partial charge in [-0.3, -0.25) is 15.0 Å². The molecule has 3 aromatic carbocycles. The molecule has 8 heteroatoms. The Kier molecular flexibility index (Phi) is 7.59. The van der Waals surface area contributed by atoms with Crippen LogP contribution >= 0.6 is 39.9 Å². The number of hydrogen-bond donors (Lipinski definition) is 1. The lowest BCUT2D eigenvalue weighted by Crippen LogP contribution is -2.44. The minimum Gasteiger partial charge on any atom is -0.493 e. The number of carbonyl (C=O) groups excluding carboxylic acids is 2. The lowest BCUT2D eigenvalue weighted by Gasteiger charge is -2.15. The summed E-state index contributed by atoms with van der Waals surface area (Å²) in [6.45, 7) is 0.553. The second-order valence-electron chi connectivity index (χ2n) is 7.12. The number of nitrogens with one attached hydrogen (secondary N) is 1. The molecule has 1 heterocycles. The SMILES string of the molecule is O=C(NN1C(=O)/C(=C/c2cccc(OCCc3ccccc3)c2)SC1=S)c1ccc(Br)cc1. The van der Waals surface area contributed by atoms with Gasteiger partial charge in [-0.15, -0.1) is 0 Å². The van der Waals surface area contributed by atoms with Crippen molar-refractivity contribution in [2.75, 3.05) is 6.61 Å². The zero-order valence-corrected chi connectivity index (χ0v) is 20.6. The van der Waals surface area contributed by atoms with Crippen molar-refractivity contribution in [1.29, 1.82) is 0 Å². The quantitative estimate of drug-likeness (QED) is 0.312. The van der Waals surface area contributed by atoms with E-state index in [4.69, 9.17) is 17.0 Å². The molecule has 0 aromatic heterocycles. The fourth-order valence-electron chi connectivity index (χ4n) is 3.11. The molecule has 0 spiro atoms. The average Bonchev–Trinajstić information content (AvgIpc) is 3.08. The predicted octanol–water partition coefficient (Wildman–Crippen LogP) is 5.62. The maximum absolute atomic E-state index is 12.9. The van der Waals surface area contributed by atoms with E-state index >= 15 is 0 Å². The number of ether oxygens (including phenoxy) is 1. The van der Waals surface area contributed by atoms with Gasteiger partial charge < -0.3 is 4.74 Å². The third kappa shape index (κ3) is 6.10. The van der Waals surface area contributed by atoms with Crippen molar-refractivity contribution in [1.82, 2.24) is 10.4 Å². The van der Waals surface area contributed by atoms with Gasteiger partial charge in [-0.25, -0.2) is 0 Å². The van der Waals surface area contributed by atoms with E-state index in [0.29, 0.717) is 17.1 Å². The highest BCUT2D eigenvalue weighted by Crippen LogP contribution is 2.32. The number of hydrazine groups is 1. The lowest BCUT2D eigenvalue weighted by atomic mass is 10.1. The van der Waals surface area contributed by atoms with Crippen LogP contribution in [0.5, 0.6) is 5.75 Å². The van der Waals surface area contributed by atoms with E-state index in [1.54, 1.807) is 30.3 Å². The van der Waals surface area contributed by atoms with Gasteiger partial charge in [0.2, 0.25) is 0 Å². The van der Waals surface area contributed by atoms with E-state index in [-0.39, 0.29) is 10.2 Å². The fraction of sp³-hybridized carbons (Fsp3) is 0.0800. The first-order chi connectivity index (χ1) is 16.0. The molecule has 1 fully saturated rings. The van der Waals surface area contributed by atoms with Gasteiger partial charge >= 0.3 is 0 Å². The molecule has 0 aliphatic carbocycles. The number of thioether (sulfide) groups is 1. The van der Waals surface area contributed by atoms with Gasteiger partial charge in [-0.2, -0.15) is 5.01 Å². The largest absolute Gasteiger partial charge is 0.493 e. The van der Waals surface area contributed by atoms with Crippen molar-refractivity contribution in [3.05, 3.63) is 105 Å². The van der Waals surface area contributed by atoms with Crippen molar-refractivity contribution in [2.45, 2.75) is 6.42 Å². The second kappa shape index (κ2) is 10.8. The molecule has 3 aromatic rings. The molecule has 0 bridgehead atoms. The van der Waals surface area contributed by atoms with Crippen LogP contribution in [-0.4, -0.2) is 27.8 Å². The Labute approximate surface area is 209 Å². The number of benzene rings is 3. The lowest BCUT2D eigenvalue weighted by molar-refractivity contribution is -0.123. The minimum atomic E-state index is -0.408. The predicted molar refractivity (Wildman–Crippen MR) is 139 cm³/mol. The van der Waals surface area contributed by atoms with Crippen molar-refractivity contribution in [3.63, 3.8) is 0 Å². The van der Waals surface area contributed by atoms with Crippen molar-refractivity contribution >= 4 is 62.1 Å². The van der Waals surface area contributed by atoms with Crippen molar-refractivity contribution in [2.24, 2.45) is 0 Å². The van der Waals surface area contributed by atoms with Crippen LogP contribution in [0.3, 0.4) is 0 Å². The van der Waals surface area contributed by atoms with Gasteiger partial charge in [0, 0.05) is 16.5 Å². The number of nitrogens with zero attached hydrogens (tertiary/aromatic N) is 1. The molecule has 166 valence electrons. The fourth-order valence-corrected chi connectivity index (χ4v) is 4.55. The van der Waals surface area contributed by atoms with E-state index < -0.39 is 5.91 Å². The van der Waals surface area contributed by atoms with Crippen molar-refractivity contribution < 1.29 is 14.3 Å². The van der Waals surface area contributed by atoms with E-state index in [0.717, 1.165) is 39.0 Å². The van der Waals surface area contributed by atoms with Gasteiger partial charge in [-0.1, -0.05) is 70.2 Å². The van der Waals surface area contributed by atoms with Crippen LogP contribution in [0.1, 0.15) is 21.5 Å². The number of carbonyl (C=O) groups is 2. The molecule has 33 heavy (non-hydrogen) atoms. The summed E-state index contributed by atoms with van der Waals surface area (Å²) in [5.41, 5.74) is 5.04. The summed E-state index contributed by atoms with van der Waals surface area (Å²) >= 11 is 9.79. The van der Waals surface area contributed by atoms with Crippen LogP contribution in [0, 0.1) is 0 Å². The van der Waals surface area contributed by atoms with E-state index in [9.17, 15) is 9.59 Å². The highest BCUT2D eigenvalue weighted by Gasteiger charge is 2.33. The molecule has 0 unspecified atom stereocenters. The van der Waals surface area contributed by atoms with Crippen LogP contribution in [0.2, 0.25) is 0 Å². The number of hydrogen-bond acceptors (Lipinski definition) is 5. The third-order valence-electron chi connectivity index (χ3n) is 4.77. The normalized spacial score (nSPS) is 14.6. The highest BCUT2D eigenvalue weighted by molar-refractivity contribution is 9.10. The number of thiocarbonyl (C=S) groups is 1. The summed E-state index contributed by atoms with van der Waals surface area (Å²) in [5, 5.41) is 1.11. The molecule has 2 amide bonds. The third-order valence-corrected chi connectivity index (χ3v) is 6.60. The van der Waals surface area contributed by atoms with Crippen LogP contribution < -0.4 is 10.2 Å². The van der Waals surface area contributed by atoms with Gasteiger partial charge in [0.05, 0.1) is 11.5 Å². The molecule has 4 rings (SSSR count). The van der Waals surface area contributed by atoms with Crippen LogP contribution in [0.4, 0.5) is 0 Å². The van der Waals surface area contributed by atoms with Gasteiger partial charge in [0.25, 0.3) is 11.8 Å². The second-order valence-corrected chi connectivity index (χ2v) is 9.71. The summed E-state index contributed by atoms with van der Waals surface area (Å²) < 4.78 is 7.01. The number of amides is 2. The first-order valence-corrected chi connectivity index (χ1v) is 12.1. The maximum atomic E-state index is 12.9. The Hall–Kier alpha value is -2.94. The molecule has 0 radical (unpaired) electrons. The van der Waals surface area contributed by atoms with E-state index in [2.05, 4.69) is 33.5 Å². The first-order valence-electron chi connectivity index (χ1n) is 10.1. The van der Waals surface area contributed by atoms with Crippen molar-refractivity contribution in [3.8, 4) is 5.75 Å². The summed E-state index contributed by atoms with van der Waals surface area (Å²) in [5.74, 6) is -0.0570. The van der Waals surface area contributed by atoms with E-state index in [1.165, 1.54) is 5.56 Å². The summed E-state index contributed by atoms with van der Waals surface area (Å²) in [7, 11) is 0. The first kappa shape index (κ1) is 23.2. The molecule has 1 aliphatic heterocycles. The smallest absolute Gasteiger partial charge is 0.285 e. The van der Waals surface area contributed by atoms with Crippen LogP contribution in [0.15, 0.2) is 88.2 Å². The highest BCUT2D eigenvalue weighted by atomic mass is 79.9. The Balaban J connectivity index is 1.40. The summed E-state index contributed by atoms with van der Waals surface area (Å²) in [4.78, 5) is 25.8. The standard InChI is InChI=1S/C25H19BrN2O3S2/c26-20-11-9-19(10-12-20)23(29)27-28-24(30)22(33-25(28)32)16-18-7-4-8-21(15-18)31-14-13-17-5-2-1-3-6-17/h1-12,15-16H,13-14H2,(H,27,29)/b22-16-. The molecular formula is C25H19BrN2O3S2. The molecular weight excluding hydrogens is 520 g/mol. The van der Waals surface area contributed by atoms with Gasteiger partial charge in [0.15, 0.2) is 4.32 Å². The Morgan fingerprint density at radius 2 is 1.82 bits per heavy atom. The Bertz CT molecular complexity index is 1210. The molecule has 1 aliphatic rings. The number of rotatable bonds is 7. The summed E-state index contributed by atoms with van der Waals surface area (Å²) in [6, 6.07) is 24.5. The Morgan fingerprint density at radius 1 is 1.06 bits per heavy atom. The average molecular weight is 539 g/mol. The number of halogens is 1. The summed E-state index contributed by atoms with van der Waals surface area (Å²) in [6.07, 6.45) is 2.55. The molecule has 0 atom stereocenters. The Morgan fingerprint density at radius 3 is 2.58 bits per heavy atom. The maximum Gasteiger partial charge on any atom is 0.285 e. The van der Waals surface area contributed by atoms with Gasteiger partial charge in [-0.05, 0) is 65.8 Å². The van der Waals surface area contributed by atoms with Gasteiger partial charge in [0.1, 0.15) is 5.75 Å². The van der Waals surface area contributed by atoms with Crippen LogP contribution in [0.25, 0.3) is 6.08 Å². The zero-order valence-electron chi connectivity index (χ0n) is 17.4. The molecule has 1 saturated heterocycles. The molecule has 5 nitrogen and oxygen atoms in total. The van der Waals surface area contributed by atoms with Crippen LogP contribution in [-0.2, 0) is 11.2 Å².